The van der Waals surface area contributed by atoms with Gasteiger partial charge < -0.3 is 15.2 Å². The number of benzene rings is 2. The number of carbonyl (C=O) groups excluding carboxylic acids is 2. The van der Waals surface area contributed by atoms with E-state index in [0.717, 1.165) is 0 Å². The van der Waals surface area contributed by atoms with Crippen LogP contribution >= 0.6 is 23.2 Å². The summed E-state index contributed by atoms with van der Waals surface area (Å²) in [7, 11) is 0. The summed E-state index contributed by atoms with van der Waals surface area (Å²) >= 11 is 11.6. The van der Waals surface area contributed by atoms with Crippen molar-refractivity contribution in [1.29, 1.82) is 0 Å². The van der Waals surface area contributed by atoms with Crippen molar-refractivity contribution in [3.63, 3.8) is 0 Å². The molecule has 0 atom stereocenters. The molecule has 0 saturated carbocycles. The topological polar surface area (TPSA) is 97.1 Å². The fourth-order valence-electron chi connectivity index (χ4n) is 2.16. The molecule has 3 aromatic rings. The summed E-state index contributed by atoms with van der Waals surface area (Å²) < 4.78 is 4.96. The van der Waals surface area contributed by atoms with Crippen LogP contribution < -0.4 is 10.6 Å². The van der Waals surface area contributed by atoms with E-state index in [4.69, 9.17) is 27.7 Å². The fraction of sp³-hybridized carbons (Fsp3) is 0.111. The van der Waals surface area contributed by atoms with Gasteiger partial charge in [0.25, 0.3) is 5.91 Å². The minimum absolute atomic E-state index is 0.163. The lowest BCUT2D eigenvalue weighted by Crippen LogP contribution is -2.34. The van der Waals surface area contributed by atoms with E-state index >= 15 is 0 Å². The van der Waals surface area contributed by atoms with Gasteiger partial charge in [0.1, 0.15) is 0 Å². The van der Waals surface area contributed by atoms with Crippen LogP contribution in [-0.4, -0.2) is 35.0 Å². The van der Waals surface area contributed by atoms with Crippen molar-refractivity contribution < 1.29 is 14.1 Å². The van der Waals surface area contributed by atoms with E-state index in [9.17, 15) is 9.59 Å². The third-order valence-corrected chi connectivity index (χ3v) is 4.03. The van der Waals surface area contributed by atoms with Gasteiger partial charge in [-0.1, -0.05) is 28.4 Å². The second-order valence-electron chi connectivity index (χ2n) is 5.45. The number of amides is 2. The van der Waals surface area contributed by atoms with Crippen LogP contribution in [0.2, 0.25) is 10.0 Å². The van der Waals surface area contributed by atoms with Crippen LogP contribution in [-0.2, 0) is 0 Å². The first-order valence-electron chi connectivity index (χ1n) is 7.94. The smallest absolute Gasteiger partial charge is 0.316 e. The molecule has 27 heavy (non-hydrogen) atoms. The van der Waals surface area contributed by atoms with Crippen molar-refractivity contribution in [1.82, 2.24) is 20.8 Å². The normalized spacial score (nSPS) is 10.4. The second kappa shape index (κ2) is 8.66. The fourth-order valence-corrected chi connectivity index (χ4v) is 2.41. The van der Waals surface area contributed by atoms with Crippen LogP contribution in [0.15, 0.2) is 53.1 Å². The van der Waals surface area contributed by atoms with E-state index in [0.29, 0.717) is 21.2 Å². The van der Waals surface area contributed by atoms with Gasteiger partial charge in [-0.3, -0.25) is 9.59 Å². The Bertz CT molecular complexity index is 940. The maximum absolute atomic E-state index is 12.0. The molecule has 138 valence electrons. The Morgan fingerprint density at radius 2 is 1.41 bits per heavy atom. The molecular weight excluding hydrogens is 391 g/mol. The van der Waals surface area contributed by atoms with Gasteiger partial charge in [-0.25, -0.2) is 0 Å². The molecule has 0 saturated heterocycles. The molecule has 0 unspecified atom stereocenters. The highest BCUT2D eigenvalue weighted by Gasteiger charge is 2.15. The third kappa shape index (κ3) is 5.06. The first-order valence-corrected chi connectivity index (χ1v) is 8.70. The Hall–Kier alpha value is -2.90. The van der Waals surface area contributed by atoms with Crippen molar-refractivity contribution in [3.8, 4) is 11.4 Å². The molecule has 0 fully saturated rings. The summed E-state index contributed by atoms with van der Waals surface area (Å²) in [5.74, 6) is -0.663. The van der Waals surface area contributed by atoms with Gasteiger partial charge in [-0.05, 0) is 48.5 Å². The lowest BCUT2D eigenvalue weighted by atomic mass is 10.2. The monoisotopic (exact) mass is 404 g/mol. The van der Waals surface area contributed by atoms with Gasteiger partial charge in [0.15, 0.2) is 0 Å². The molecule has 7 nitrogen and oxygen atoms in total. The van der Waals surface area contributed by atoms with Gasteiger partial charge in [0.2, 0.25) is 5.82 Å². The third-order valence-electron chi connectivity index (χ3n) is 3.53. The maximum atomic E-state index is 12.0. The molecule has 1 heterocycles. The number of carbonyl (C=O) groups is 2. The highest BCUT2D eigenvalue weighted by molar-refractivity contribution is 6.30. The van der Waals surface area contributed by atoms with Crippen molar-refractivity contribution in [2.45, 2.75) is 0 Å². The van der Waals surface area contributed by atoms with E-state index in [-0.39, 0.29) is 30.7 Å². The SMILES string of the molecule is O=C(NCCNC(=O)c1nc(-c2ccc(Cl)cc2)no1)c1ccc(Cl)cc1. The van der Waals surface area contributed by atoms with Crippen LogP contribution in [0.3, 0.4) is 0 Å². The molecule has 0 radical (unpaired) electrons. The molecule has 2 N–H and O–H groups in total. The molecule has 0 aliphatic heterocycles. The second-order valence-corrected chi connectivity index (χ2v) is 6.32. The van der Waals surface area contributed by atoms with Crippen LogP contribution in [0.1, 0.15) is 21.0 Å². The van der Waals surface area contributed by atoms with E-state index in [1.165, 1.54) is 0 Å². The van der Waals surface area contributed by atoms with Crippen LogP contribution in [0, 0.1) is 0 Å². The summed E-state index contributed by atoms with van der Waals surface area (Å²) in [6.45, 7) is 0.447. The number of hydrogen-bond acceptors (Lipinski definition) is 5. The highest BCUT2D eigenvalue weighted by atomic mass is 35.5. The van der Waals surface area contributed by atoms with Gasteiger partial charge >= 0.3 is 11.8 Å². The van der Waals surface area contributed by atoms with Gasteiger partial charge in [-0.2, -0.15) is 4.98 Å². The van der Waals surface area contributed by atoms with Crippen LogP contribution in [0.25, 0.3) is 11.4 Å². The molecule has 0 aliphatic rings. The Morgan fingerprint density at radius 3 is 2.04 bits per heavy atom. The quantitative estimate of drug-likeness (QED) is 0.614. The minimum Gasteiger partial charge on any atom is -0.350 e. The van der Waals surface area contributed by atoms with Crippen molar-refractivity contribution in [2.75, 3.05) is 13.1 Å². The van der Waals surface area contributed by atoms with Crippen LogP contribution in [0.4, 0.5) is 0 Å². The summed E-state index contributed by atoms with van der Waals surface area (Å²) in [4.78, 5) is 28.0. The summed E-state index contributed by atoms with van der Waals surface area (Å²) in [6.07, 6.45) is 0. The number of aromatic nitrogens is 2. The Balaban J connectivity index is 1.47. The summed E-state index contributed by atoms with van der Waals surface area (Å²) in [5, 5.41) is 10.2. The van der Waals surface area contributed by atoms with Crippen molar-refractivity contribution in [2.24, 2.45) is 0 Å². The number of rotatable bonds is 6. The van der Waals surface area contributed by atoms with E-state index in [2.05, 4.69) is 20.8 Å². The van der Waals surface area contributed by atoms with Crippen molar-refractivity contribution in [3.05, 3.63) is 70.0 Å². The molecule has 2 aromatic carbocycles. The molecule has 0 aliphatic carbocycles. The van der Waals surface area contributed by atoms with E-state index in [1.807, 2.05) is 0 Å². The lowest BCUT2D eigenvalue weighted by molar-refractivity contribution is 0.0898. The summed E-state index contributed by atoms with van der Waals surface area (Å²) in [5.41, 5.74) is 1.16. The number of nitrogens with one attached hydrogen (secondary N) is 2. The standard InChI is InChI=1S/C18H14Cl2N4O3/c19-13-5-1-11(2-6-13)15-23-18(27-24-15)17(26)22-10-9-21-16(25)12-3-7-14(20)8-4-12/h1-8H,9-10H2,(H,21,25)(H,22,26). The number of nitrogens with zero attached hydrogens (tertiary/aromatic N) is 2. The zero-order chi connectivity index (χ0) is 19.2. The predicted molar refractivity (Wildman–Crippen MR) is 101 cm³/mol. The van der Waals surface area contributed by atoms with E-state index in [1.54, 1.807) is 48.5 Å². The molecule has 9 heteroatoms. The molecule has 0 bridgehead atoms. The average Bonchev–Trinajstić information content (AvgIpc) is 3.16. The molecule has 3 rings (SSSR count). The predicted octanol–water partition coefficient (Wildman–Crippen LogP) is 3.20. The molecular formula is C18H14Cl2N4O3. The highest BCUT2D eigenvalue weighted by Crippen LogP contribution is 2.18. The average molecular weight is 405 g/mol. The zero-order valence-electron chi connectivity index (χ0n) is 13.9. The maximum Gasteiger partial charge on any atom is 0.316 e. The molecule has 2 amide bonds. The van der Waals surface area contributed by atoms with Crippen LogP contribution in [0.5, 0.6) is 0 Å². The van der Waals surface area contributed by atoms with Crippen molar-refractivity contribution >= 4 is 35.0 Å². The number of hydrogen-bond donors (Lipinski definition) is 2. The first-order chi connectivity index (χ1) is 13.0. The minimum atomic E-state index is -0.525. The Kier molecular flexibility index (Phi) is 6.05. The first kappa shape index (κ1) is 18.9. The molecule has 0 spiro atoms. The van der Waals surface area contributed by atoms with E-state index < -0.39 is 5.91 Å². The number of halogens is 2. The van der Waals surface area contributed by atoms with Gasteiger partial charge in [0, 0.05) is 34.3 Å². The summed E-state index contributed by atoms with van der Waals surface area (Å²) in [6, 6.07) is 13.3. The molecule has 1 aromatic heterocycles. The largest absolute Gasteiger partial charge is 0.350 e. The van der Waals surface area contributed by atoms with Gasteiger partial charge in [0.05, 0.1) is 0 Å². The Labute approximate surface area is 164 Å². The lowest BCUT2D eigenvalue weighted by Gasteiger charge is -2.05. The zero-order valence-corrected chi connectivity index (χ0v) is 15.4. The Morgan fingerprint density at radius 1 is 0.852 bits per heavy atom. The van der Waals surface area contributed by atoms with Gasteiger partial charge in [-0.15, -0.1) is 0 Å².